The van der Waals surface area contributed by atoms with Crippen LogP contribution in [0.1, 0.15) is 5.69 Å². The van der Waals surface area contributed by atoms with Crippen molar-refractivity contribution in [1.29, 1.82) is 0 Å². The molecule has 0 radical (unpaired) electrons. The number of aromatic nitrogens is 3. The molecular formula is C8H8N4O. The van der Waals surface area contributed by atoms with Crippen LogP contribution < -0.4 is 5.73 Å². The van der Waals surface area contributed by atoms with Gasteiger partial charge in [0.2, 0.25) is 5.91 Å². The van der Waals surface area contributed by atoms with E-state index in [4.69, 9.17) is 5.73 Å². The molecule has 2 aromatic rings. The molecule has 0 saturated carbocycles. The molecule has 2 rings (SSSR count). The quantitative estimate of drug-likeness (QED) is 0.686. The van der Waals surface area contributed by atoms with Crippen molar-refractivity contribution in [3.63, 3.8) is 0 Å². The molecule has 0 unspecified atom stereocenters. The lowest BCUT2D eigenvalue weighted by atomic mass is 10.2. The van der Waals surface area contributed by atoms with Gasteiger partial charge < -0.3 is 5.73 Å². The lowest BCUT2D eigenvalue weighted by Gasteiger charge is -1.98. The number of primary amides is 1. The molecule has 13 heavy (non-hydrogen) atoms. The number of nitrogens with zero attached hydrogens (tertiary/aromatic N) is 3. The van der Waals surface area contributed by atoms with E-state index in [1.54, 1.807) is 10.7 Å². The Balaban J connectivity index is 2.54. The second-order valence-electron chi connectivity index (χ2n) is 2.69. The first-order valence-corrected chi connectivity index (χ1v) is 3.83. The van der Waals surface area contributed by atoms with Crippen molar-refractivity contribution in [3.05, 3.63) is 30.4 Å². The first-order chi connectivity index (χ1) is 6.27. The number of fused-ring (bicyclic) bond motifs is 1. The fourth-order valence-corrected chi connectivity index (χ4v) is 1.22. The van der Waals surface area contributed by atoms with E-state index in [0.717, 1.165) is 5.52 Å². The summed E-state index contributed by atoms with van der Waals surface area (Å²) in [6.07, 6.45) is 3.35. The van der Waals surface area contributed by atoms with E-state index in [1.165, 1.54) is 6.33 Å². The van der Waals surface area contributed by atoms with Gasteiger partial charge in [-0.25, -0.2) is 9.50 Å². The summed E-state index contributed by atoms with van der Waals surface area (Å²) in [4.78, 5) is 14.7. The molecule has 0 atom stereocenters. The SMILES string of the molecule is NC(=O)Cc1ncnn2cccc12. The van der Waals surface area contributed by atoms with E-state index < -0.39 is 0 Å². The van der Waals surface area contributed by atoms with Crippen LogP contribution >= 0.6 is 0 Å². The van der Waals surface area contributed by atoms with Gasteiger partial charge in [0, 0.05) is 6.20 Å². The molecule has 2 heterocycles. The van der Waals surface area contributed by atoms with Crippen LogP contribution in [0.25, 0.3) is 5.52 Å². The van der Waals surface area contributed by atoms with Crippen LogP contribution in [0, 0.1) is 0 Å². The van der Waals surface area contributed by atoms with Gasteiger partial charge in [0.05, 0.1) is 17.6 Å². The van der Waals surface area contributed by atoms with E-state index in [1.807, 2.05) is 12.1 Å². The summed E-state index contributed by atoms with van der Waals surface area (Å²) >= 11 is 0. The van der Waals surface area contributed by atoms with E-state index in [9.17, 15) is 4.79 Å². The highest BCUT2D eigenvalue weighted by Crippen LogP contribution is 2.06. The Bertz CT molecular complexity index is 448. The Labute approximate surface area is 74.2 Å². The molecule has 0 bridgehead atoms. The standard InChI is InChI=1S/C8H8N4O/c9-8(13)4-6-7-2-1-3-12(7)11-5-10-6/h1-3,5H,4H2,(H2,9,13). The van der Waals surface area contributed by atoms with Gasteiger partial charge in [-0.2, -0.15) is 5.10 Å². The smallest absolute Gasteiger partial charge is 0.223 e. The number of rotatable bonds is 2. The minimum atomic E-state index is -0.387. The van der Waals surface area contributed by atoms with Crippen molar-refractivity contribution in [2.75, 3.05) is 0 Å². The number of hydrogen-bond acceptors (Lipinski definition) is 3. The highest BCUT2D eigenvalue weighted by molar-refractivity contribution is 5.78. The summed E-state index contributed by atoms with van der Waals surface area (Å²) in [5.41, 5.74) is 6.56. The van der Waals surface area contributed by atoms with Gasteiger partial charge in [-0.15, -0.1) is 0 Å². The zero-order valence-electron chi connectivity index (χ0n) is 6.84. The van der Waals surface area contributed by atoms with Gasteiger partial charge >= 0.3 is 0 Å². The van der Waals surface area contributed by atoms with Gasteiger partial charge in [0.25, 0.3) is 0 Å². The molecule has 66 valence electrons. The third-order valence-corrected chi connectivity index (χ3v) is 1.76. The normalized spacial score (nSPS) is 10.5. The molecule has 5 heteroatoms. The number of carbonyl (C=O) groups excluding carboxylic acids is 1. The molecule has 0 aliphatic heterocycles. The Hall–Kier alpha value is -1.91. The first-order valence-electron chi connectivity index (χ1n) is 3.83. The number of amides is 1. The molecule has 0 aliphatic carbocycles. The summed E-state index contributed by atoms with van der Waals surface area (Å²) in [6, 6.07) is 3.69. The zero-order chi connectivity index (χ0) is 9.26. The Kier molecular flexibility index (Phi) is 1.70. The average molecular weight is 176 g/mol. The minimum Gasteiger partial charge on any atom is -0.369 e. The summed E-state index contributed by atoms with van der Waals surface area (Å²) < 4.78 is 1.66. The van der Waals surface area contributed by atoms with Gasteiger partial charge in [-0.3, -0.25) is 4.79 Å². The van der Waals surface area contributed by atoms with Crippen LogP contribution in [0.5, 0.6) is 0 Å². The van der Waals surface area contributed by atoms with Crippen molar-refractivity contribution in [2.24, 2.45) is 5.73 Å². The van der Waals surface area contributed by atoms with Crippen LogP contribution in [0.2, 0.25) is 0 Å². The fourth-order valence-electron chi connectivity index (χ4n) is 1.22. The van der Waals surface area contributed by atoms with Crippen LogP contribution in [0.4, 0.5) is 0 Å². The largest absolute Gasteiger partial charge is 0.369 e. The monoisotopic (exact) mass is 176 g/mol. The molecule has 2 N–H and O–H groups in total. The van der Waals surface area contributed by atoms with Crippen LogP contribution in [0.3, 0.4) is 0 Å². The molecule has 0 saturated heterocycles. The maximum Gasteiger partial charge on any atom is 0.223 e. The highest BCUT2D eigenvalue weighted by Gasteiger charge is 2.05. The Morgan fingerprint density at radius 1 is 1.62 bits per heavy atom. The summed E-state index contributed by atoms with van der Waals surface area (Å²) in [7, 11) is 0. The summed E-state index contributed by atoms with van der Waals surface area (Å²) in [6.45, 7) is 0. The molecule has 0 fully saturated rings. The predicted octanol–water partition coefficient (Wildman–Crippen LogP) is -0.243. The summed E-state index contributed by atoms with van der Waals surface area (Å²) in [5.74, 6) is -0.387. The van der Waals surface area contributed by atoms with Crippen LogP contribution in [0.15, 0.2) is 24.7 Å². The highest BCUT2D eigenvalue weighted by atomic mass is 16.1. The molecule has 1 amide bonds. The maximum atomic E-state index is 10.7. The van der Waals surface area contributed by atoms with Gasteiger partial charge in [-0.1, -0.05) is 0 Å². The van der Waals surface area contributed by atoms with E-state index in [-0.39, 0.29) is 12.3 Å². The fraction of sp³-hybridized carbons (Fsp3) is 0.125. The van der Waals surface area contributed by atoms with E-state index in [0.29, 0.717) is 5.69 Å². The molecule has 0 aliphatic rings. The second-order valence-corrected chi connectivity index (χ2v) is 2.69. The van der Waals surface area contributed by atoms with Crippen molar-refractivity contribution in [2.45, 2.75) is 6.42 Å². The van der Waals surface area contributed by atoms with Gasteiger partial charge in [0.15, 0.2) is 0 Å². The lowest BCUT2D eigenvalue weighted by molar-refractivity contribution is -0.117. The second kappa shape index (κ2) is 2.85. The van der Waals surface area contributed by atoms with Crippen molar-refractivity contribution >= 4 is 11.4 Å². The Morgan fingerprint density at radius 3 is 3.23 bits per heavy atom. The molecule has 0 spiro atoms. The van der Waals surface area contributed by atoms with Crippen molar-refractivity contribution < 1.29 is 4.79 Å². The van der Waals surface area contributed by atoms with Crippen molar-refractivity contribution in [1.82, 2.24) is 14.6 Å². The summed E-state index contributed by atoms with van der Waals surface area (Å²) in [5, 5.41) is 3.96. The molecule has 0 aromatic carbocycles. The molecule has 2 aromatic heterocycles. The van der Waals surface area contributed by atoms with E-state index in [2.05, 4.69) is 10.1 Å². The Morgan fingerprint density at radius 2 is 2.46 bits per heavy atom. The number of hydrogen-bond donors (Lipinski definition) is 1. The average Bonchev–Trinajstić information content (AvgIpc) is 2.51. The zero-order valence-corrected chi connectivity index (χ0v) is 6.84. The first kappa shape index (κ1) is 7.72. The van der Waals surface area contributed by atoms with Gasteiger partial charge in [-0.05, 0) is 12.1 Å². The lowest BCUT2D eigenvalue weighted by Crippen LogP contribution is -2.15. The van der Waals surface area contributed by atoms with Crippen LogP contribution in [-0.2, 0) is 11.2 Å². The third kappa shape index (κ3) is 1.35. The van der Waals surface area contributed by atoms with Crippen LogP contribution in [-0.4, -0.2) is 20.5 Å². The minimum absolute atomic E-state index is 0.149. The number of carbonyl (C=O) groups is 1. The molecular weight excluding hydrogens is 168 g/mol. The number of nitrogens with two attached hydrogens (primary N) is 1. The van der Waals surface area contributed by atoms with Gasteiger partial charge in [0.1, 0.15) is 6.33 Å². The third-order valence-electron chi connectivity index (χ3n) is 1.76. The van der Waals surface area contributed by atoms with E-state index >= 15 is 0 Å². The topological polar surface area (TPSA) is 73.3 Å². The van der Waals surface area contributed by atoms with Crippen molar-refractivity contribution in [3.8, 4) is 0 Å². The molecule has 5 nitrogen and oxygen atoms in total. The predicted molar refractivity (Wildman–Crippen MR) is 45.9 cm³/mol. The maximum absolute atomic E-state index is 10.7.